The van der Waals surface area contributed by atoms with E-state index in [2.05, 4.69) is 40.2 Å². The number of nitrogens with zero attached hydrogens (tertiary/aromatic N) is 3. The molecule has 1 heterocycles. The maximum atomic E-state index is 8.54. The molecule has 0 unspecified atom stereocenters. The monoisotopic (exact) mass is 227 g/mol. The normalized spacial score (nSPS) is 14.5. The number of hydrogen-bond acceptors (Lipinski definition) is 3. The van der Waals surface area contributed by atoms with Crippen LogP contribution < -0.4 is 0 Å². The number of unbranched alkanes of at least 4 members (excludes halogenated alkanes) is 1. The molecular weight excluding hydrogens is 210 g/mol. The summed E-state index contributed by atoms with van der Waals surface area (Å²) in [7, 11) is 0. The predicted molar refractivity (Wildman–Crippen MR) is 68.6 cm³/mol. The standard InChI is InChI=1S/C14H17N3/c15-9-5-4-8-14-16-10-11-17(14)12-13-6-2-1-3-7-13/h1-3,6-7H,4-5,8,10-12H2. The summed E-state index contributed by atoms with van der Waals surface area (Å²) in [6.07, 6.45) is 2.47. The predicted octanol–water partition coefficient (Wildman–Crippen LogP) is 2.59. The van der Waals surface area contributed by atoms with Gasteiger partial charge >= 0.3 is 0 Å². The molecule has 1 aromatic rings. The molecular formula is C14H17N3. The quantitative estimate of drug-likeness (QED) is 0.725. The van der Waals surface area contributed by atoms with E-state index < -0.39 is 0 Å². The number of hydrogen-bond donors (Lipinski definition) is 0. The van der Waals surface area contributed by atoms with Crippen LogP contribution in [0.3, 0.4) is 0 Å². The molecule has 0 N–H and O–H groups in total. The zero-order valence-corrected chi connectivity index (χ0v) is 9.97. The molecule has 17 heavy (non-hydrogen) atoms. The summed E-state index contributed by atoms with van der Waals surface area (Å²) in [6, 6.07) is 12.6. The van der Waals surface area contributed by atoms with Crippen molar-refractivity contribution in [2.45, 2.75) is 25.8 Å². The summed E-state index contributed by atoms with van der Waals surface area (Å²) in [5, 5.41) is 8.54. The Morgan fingerprint density at radius 3 is 2.88 bits per heavy atom. The lowest BCUT2D eigenvalue weighted by Gasteiger charge is -2.20. The molecule has 1 aliphatic heterocycles. The van der Waals surface area contributed by atoms with Crippen molar-refractivity contribution in [3.63, 3.8) is 0 Å². The van der Waals surface area contributed by atoms with Crippen LogP contribution in [0.2, 0.25) is 0 Å². The Bertz CT molecular complexity index is 417. The minimum atomic E-state index is 0.623. The summed E-state index contributed by atoms with van der Waals surface area (Å²) in [5.74, 6) is 1.17. The van der Waals surface area contributed by atoms with Crippen molar-refractivity contribution in [2.24, 2.45) is 4.99 Å². The first kappa shape index (κ1) is 11.7. The molecule has 1 aromatic carbocycles. The van der Waals surface area contributed by atoms with Gasteiger partial charge in [0, 0.05) is 25.9 Å². The first-order chi connectivity index (χ1) is 8.40. The second kappa shape index (κ2) is 6.05. The summed E-state index contributed by atoms with van der Waals surface area (Å²) < 4.78 is 0. The Labute approximate surface area is 102 Å². The van der Waals surface area contributed by atoms with Crippen molar-refractivity contribution in [1.29, 1.82) is 5.26 Å². The highest BCUT2D eigenvalue weighted by Crippen LogP contribution is 2.12. The highest BCUT2D eigenvalue weighted by atomic mass is 15.2. The fourth-order valence-corrected chi connectivity index (χ4v) is 2.07. The second-order valence-corrected chi connectivity index (χ2v) is 4.22. The van der Waals surface area contributed by atoms with Gasteiger partial charge in [-0.1, -0.05) is 30.3 Å². The maximum Gasteiger partial charge on any atom is 0.0993 e. The Balaban J connectivity index is 1.89. The first-order valence-corrected chi connectivity index (χ1v) is 6.09. The van der Waals surface area contributed by atoms with Gasteiger partial charge in [-0.2, -0.15) is 5.26 Å². The fraction of sp³-hybridized carbons (Fsp3) is 0.429. The zero-order valence-electron chi connectivity index (χ0n) is 9.97. The lowest BCUT2D eigenvalue weighted by molar-refractivity contribution is 0.442. The third-order valence-corrected chi connectivity index (χ3v) is 2.93. The molecule has 0 atom stereocenters. The third kappa shape index (κ3) is 3.32. The number of nitriles is 1. The van der Waals surface area contributed by atoms with Crippen molar-refractivity contribution in [2.75, 3.05) is 13.1 Å². The van der Waals surface area contributed by atoms with Crippen LogP contribution in [-0.2, 0) is 6.54 Å². The van der Waals surface area contributed by atoms with Gasteiger partial charge in [-0.15, -0.1) is 0 Å². The molecule has 0 spiro atoms. The molecule has 0 saturated carbocycles. The van der Waals surface area contributed by atoms with Crippen LogP contribution in [0.1, 0.15) is 24.8 Å². The fourth-order valence-electron chi connectivity index (χ4n) is 2.07. The average Bonchev–Trinajstić information content (AvgIpc) is 2.79. The Morgan fingerprint density at radius 2 is 2.12 bits per heavy atom. The minimum absolute atomic E-state index is 0.623. The summed E-state index contributed by atoms with van der Waals surface area (Å²) in [5.41, 5.74) is 1.32. The SMILES string of the molecule is N#CCCCC1=NCCN1Cc1ccccc1. The first-order valence-electron chi connectivity index (χ1n) is 6.09. The molecule has 3 nitrogen and oxygen atoms in total. The van der Waals surface area contributed by atoms with Gasteiger partial charge in [0.2, 0.25) is 0 Å². The van der Waals surface area contributed by atoms with Crippen LogP contribution in [-0.4, -0.2) is 23.8 Å². The summed E-state index contributed by atoms with van der Waals surface area (Å²) in [6.45, 7) is 2.84. The molecule has 2 rings (SSSR count). The van der Waals surface area contributed by atoms with Crippen molar-refractivity contribution < 1.29 is 0 Å². The van der Waals surface area contributed by atoms with E-state index in [0.717, 1.165) is 32.5 Å². The Kier molecular flexibility index (Phi) is 4.15. The van der Waals surface area contributed by atoms with E-state index in [1.54, 1.807) is 0 Å². The molecule has 88 valence electrons. The number of aliphatic imine (C=N–C) groups is 1. The van der Waals surface area contributed by atoms with Crippen LogP contribution in [0, 0.1) is 11.3 Å². The van der Waals surface area contributed by atoms with E-state index in [0.29, 0.717) is 6.42 Å². The van der Waals surface area contributed by atoms with Crippen molar-refractivity contribution in [3.8, 4) is 6.07 Å². The molecule has 0 aliphatic carbocycles. The van der Waals surface area contributed by atoms with Crippen LogP contribution in [0.25, 0.3) is 0 Å². The van der Waals surface area contributed by atoms with Crippen molar-refractivity contribution in [1.82, 2.24) is 4.90 Å². The van der Waals surface area contributed by atoms with E-state index in [-0.39, 0.29) is 0 Å². The van der Waals surface area contributed by atoms with Gasteiger partial charge in [-0.05, 0) is 12.0 Å². The highest BCUT2D eigenvalue weighted by Gasteiger charge is 2.16. The van der Waals surface area contributed by atoms with E-state index in [1.165, 1.54) is 11.4 Å². The molecule has 0 bridgehead atoms. The van der Waals surface area contributed by atoms with E-state index in [9.17, 15) is 0 Å². The van der Waals surface area contributed by atoms with E-state index >= 15 is 0 Å². The molecule has 0 aromatic heterocycles. The second-order valence-electron chi connectivity index (χ2n) is 4.22. The van der Waals surface area contributed by atoms with Crippen molar-refractivity contribution >= 4 is 5.84 Å². The van der Waals surface area contributed by atoms with Gasteiger partial charge in [0.1, 0.15) is 0 Å². The minimum Gasteiger partial charge on any atom is -0.354 e. The van der Waals surface area contributed by atoms with E-state index in [1.807, 2.05) is 6.07 Å². The van der Waals surface area contributed by atoms with Gasteiger partial charge in [0.25, 0.3) is 0 Å². The van der Waals surface area contributed by atoms with Gasteiger partial charge < -0.3 is 4.90 Å². The van der Waals surface area contributed by atoms with Crippen molar-refractivity contribution in [3.05, 3.63) is 35.9 Å². The van der Waals surface area contributed by atoms with Gasteiger partial charge in [0.05, 0.1) is 18.4 Å². The molecule has 0 fully saturated rings. The topological polar surface area (TPSA) is 39.4 Å². The number of rotatable bonds is 5. The summed E-state index contributed by atoms with van der Waals surface area (Å²) >= 11 is 0. The zero-order chi connectivity index (χ0) is 11.9. The lowest BCUT2D eigenvalue weighted by Crippen LogP contribution is -2.27. The smallest absolute Gasteiger partial charge is 0.0993 e. The highest BCUT2D eigenvalue weighted by molar-refractivity contribution is 5.83. The Morgan fingerprint density at radius 1 is 1.29 bits per heavy atom. The van der Waals surface area contributed by atoms with Crippen LogP contribution in [0.4, 0.5) is 0 Å². The molecule has 1 aliphatic rings. The molecule has 3 heteroatoms. The number of amidine groups is 1. The third-order valence-electron chi connectivity index (χ3n) is 2.93. The van der Waals surface area contributed by atoms with Gasteiger partial charge in [0.15, 0.2) is 0 Å². The average molecular weight is 227 g/mol. The van der Waals surface area contributed by atoms with Crippen LogP contribution in [0.5, 0.6) is 0 Å². The maximum absolute atomic E-state index is 8.54. The van der Waals surface area contributed by atoms with Crippen LogP contribution in [0.15, 0.2) is 35.3 Å². The Hall–Kier alpha value is -1.82. The van der Waals surface area contributed by atoms with Gasteiger partial charge in [-0.3, -0.25) is 4.99 Å². The van der Waals surface area contributed by atoms with Gasteiger partial charge in [-0.25, -0.2) is 0 Å². The molecule has 0 radical (unpaired) electrons. The van der Waals surface area contributed by atoms with Crippen LogP contribution >= 0.6 is 0 Å². The molecule has 0 amide bonds. The summed E-state index contributed by atoms with van der Waals surface area (Å²) in [4.78, 5) is 6.84. The lowest BCUT2D eigenvalue weighted by atomic mass is 10.2. The van der Waals surface area contributed by atoms with E-state index in [4.69, 9.17) is 5.26 Å². The number of benzene rings is 1. The molecule has 0 saturated heterocycles. The largest absolute Gasteiger partial charge is 0.354 e.